The maximum absolute atomic E-state index is 14.5. The standard InChI is InChI=1S/C14H13BrF8N2O/c1-26-9-7(12(17,13(18,19)20)14(21,22)23)8(16)10(15)24-11(9)25-5-3-2-4-6-25/h2-6H2,1H3. The molecule has 1 aromatic heterocycles. The van der Waals surface area contributed by atoms with Gasteiger partial charge in [-0.2, -0.15) is 26.3 Å². The Kier molecular flexibility index (Phi) is 5.65. The molecule has 1 aliphatic heterocycles. The summed E-state index contributed by atoms with van der Waals surface area (Å²) >= 11 is 2.48. The minimum Gasteiger partial charge on any atom is -0.492 e. The van der Waals surface area contributed by atoms with E-state index in [4.69, 9.17) is 0 Å². The first-order chi connectivity index (χ1) is 11.9. The Labute approximate surface area is 151 Å². The molecular formula is C14H13BrF8N2O. The molecule has 1 fully saturated rings. The van der Waals surface area contributed by atoms with Crippen molar-refractivity contribution < 1.29 is 39.9 Å². The van der Waals surface area contributed by atoms with Crippen molar-refractivity contribution in [2.24, 2.45) is 0 Å². The van der Waals surface area contributed by atoms with E-state index in [9.17, 15) is 35.1 Å². The van der Waals surface area contributed by atoms with E-state index in [1.807, 2.05) is 0 Å². The first-order valence-electron chi connectivity index (χ1n) is 7.37. The molecule has 26 heavy (non-hydrogen) atoms. The predicted molar refractivity (Wildman–Crippen MR) is 79.4 cm³/mol. The Balaban J connectivity index is 2.83. The first-order valence-corrected chi connectivity index (χ1v) is 8.16. The summed E-state index contributed by atoms with van der Waals surface area (Å²) < 4.78 is 111. The molecule has 0 bridgehead atoms. The van der Waals surface area contributed by atoms with E-state index in [1.165, 1.54) is 4.90 Å². The maximum Gasteiger partial charge on any atom is 0.436 e. The van der Waals surface area contributed by atoms with E-state index in [0.29, 0.717) is 12.8 Å². The van der Waals surface area contributed by atoms with Gasteiger partial charge < -0.3 is 9.64 Å². The molecular weight excluding hydrogens is 444 g/mol. The lowest BCUT2D eigenvalue weighted by atomic mass is 9.93. The van der Waals surface area contributed by atoms with Gasteiger partial charge in [-0.05, 0) is 35.2 Å². The average molecular weight is 457 g/mol. The molecule has 3 nitrogen and oxygen atoms in total. The van der Waals surface area contributed by atoms with Gasteiger partial charge in [0.25, 0.3) is 0 Å². The van der Waals surface area contributed by atoms with Gasteiger partial charge >= 0.3 is 18.0 Å². The summed E-state index contributed by atoms with van der Waals surface area (Å²) in [6.07, 6.45) is -11.0. The largest absolute Gasteiger partial charge is 0.492 e. The number of halogens is 9. The maximum atomic E-state index is 14.5. The number of ether oxygens (including phenoxy) is 1. The molecule has 148 valence electrons. The van der Waals surface area contributed by atoms with Crippen molar-refractivity contribution >= 4 is 21.7 Å². The summed E-state index contributed by atoms with van der Waals surface area (Å²) in [5.74, 6) is -3.84. The SMILES string of the molecule is COc1c(N2CCCCC2)nc(Br)c(F)c1C(F)(C(F)(F)F)C(F)(F)F. The zero-order chi connectivity index (χ0) is 19.9. The summed E-state index contributed by atoms with van der Waals surface area (Å²) in [5, 5.41) is 0. The van der Waals surface area contributed by atoms with Gasteiger partial charge in [-0.15, -0.1) is 0 Å². The molecule has 0 N–H and O–H groups in total. The molecule has 0 amide bonds. The van der Waals surface area contributed by atoms with Crippen LogP contribution in [0.5, 0.6) is 5.75 Å². The summed E-state index contributed by atoms with van der Waals surface area (Å²) in [5.41, 5.74) is -8.26. The van der Waals surface area contributed by atoms with E-state index in [2.05, 4.69) is 25.7 Å². The fourth-order valence-electron chi connectivity index (χ4n) is 2.77. The fraction of sp³-hybridized carbons (Fsp3) is 0.643. The van der Waals surface area contributed by atoms with Crippen molar-refractivity contribution in [3.8, 4) is 5.75 Å². The number of methoxy groups -OCH3 is 1. The van der Waals surface area contributed by atoms with Gasteiger partial charge in [0, 0.05) is 13.1 Å². The van der Waals surface area contributed by atoms with Crippen LogP contribution in [-0.4, -0.2) is 37.5 Å². The van der Waals surface area contributed by atoms with Crippen LogP contribution in [0.25, 0.3) is 0 Å². The van der Waals surface area contributed by atoms with Crippen LogP contribution in [0.1, 0.15) is 24.8 Å². The van der Waals surface area contributed by atoms with Crippen LogP contribution in [0.2, 0.25) is 0 Å². The van der Waals surface area contributed by atoms with E-state index in [1.54, 1.807) is 0 Å². The smallest absolute Gasteiger partial charge is 0.436 e. The lowest BCUT2D eigenvalue weighted by molar-refractivity contribution is -0.349. The van der Waals surface area contributed by atoms with Crippen LogP contribution in [0.15, 0.2) is 4.60 Å². The number of piperidine rings is 1. The minimum absolute atomic E-state index is 0.248. The average Bonchev–Trinajstić information content (AvgIpc) is 2.54. The number of hydrogen-bond acceptors (Lipinski definition) is 3. The van der Waals surface area contributed by atoms with E-state index in [0.717, 1.165) is 13.5 Å². The van der Waals surface area contributed by atoms with Gasteiger partial charge in [-0.25, -0.2) is 13.8 Å². The summed E-state index contributed by atoms with van der Waals surface area (Å²) in [7, 11) is 0.731. The van der Waals surface area contributed by atoms with E-state index in [-0.39, 0.29) is 13.1 Å². The Morgan fingerprint density at radius 3 is 1.88 bits per heavy atom. The zero-order valence-corrected chi connectivity index (χ0v) is 14.8. The number of rotatable bonds is 3. The second-order valence-corrected chi connectivity index (χ2v) is 6.40. The third-order valence-corrected chi connectivity index (χ3v) is 4.55. The van der Waals surface area contributed by atoms with Gasteiger partial charge in [0.1, 0.15) is 4.60 Å². The van der Waals surface area contributed by atoms with Crippen LogP contribution in [0.4, 0.5) is 40.9 Å². The highest BCUT2D eigenvalue weighted by molar-refractivity contribution is 9.10. The molecule has 1 aliphatic rings. The highest BCUT2D eigenvalue weighted by atomic mass is 79.9. The number of hydrogen-bond donors (Lipinski definition) is 0. The Morgan fingerprint density at radius 2 is 1.46 bits per heavy atom. The molecule has 0 atom stereocenters. The molecule has 2 heterocycles. The van der Waals surface area contributed by atoms with Gasteiger partial charge in [-0.3, -0.25) is 0 Å². The molecule has 0 saturated carbocycles. The minimum atomic E-state index is -6.47. The topological polar surface area (TPSA) is 25.4 Å². The molecule has 1 aromatic rings. The molecule has 1 saturated heterocycles. The van der Waals surface area contributed by atoms with Crippen LogP contribution in [0.3, 0.4) is 0 Å². The summed E-state index contributed by atoms with van der Waals surface area (Å²) in [6, 6.07) is 0. The van der Waals surface area contributed by atoms with Crippen LogP contribution in [0, 0.1) is 5.82 Å². The number of nitrogens with zero attached hydrogens (tertiary/aromatic N) is 2. The molecule has 0 aliphatic carbocycles. The van der Waals surface area contributed by atoms with Crippen molar-refractivity contribution in [3.63, 3.8) is 0 Å². The van der Waals surface area contributed by atoms with Gasteiger partial charge in [0.05, 0.1) is 12.7 Å². The highest BCUT2D eigenvalue weighted by Gasteiger charge is 2.75. The molecule has 0 radical (unpaired) electrons. The normalized spacial score (nSPS) is 16.8. The number of aromatic nitrogens is 1. The van der Waals surface area contributed by atoms with Crippen molar-refractivity contribution in [1.82, 2.24) is 4.98 Å². The monoisotopic (exact) mass is 456 g/mol. The van der Waals surface area contributed by atoms with Crippen molar-refractivity contribution in [3.05, 3.63) is 16.0 Å². The summed E-state index contributed by atoms with van der Waals surface area (Å²) in [6.45, 7) is 0.496. The fourth-order valence-corrected chi connectivity index (χ4v) is 3.14. The van der Waals surface area contributed by atoms with E-state index >= 15 is 0 Å². The van der Waals surface area contributed by atoms with Crippen molar-refractivity contribution in [2.75, 3.05) is 25.1 Å². The van der Waals surface area contributed by atoms with Crippen molar-refractivity contribution in [2.45, 2.75) is 37.3 Å². The van der Waals surface area contributed by atoms with Gasteiger partial charge in [0.15, 0.2) is 17.4 Å². The van der Waals surface area contributed by atoms with Crippen molar-refractivity contribution in [1.29, 1.82) is 0 Å². The molecule has 0 spiro atoms. The second kappa shape index (κ2) is 7.01. The summed E-state index contributed by atoms with van der Waals surface area (Å²) in [4.78, 5) is 4.98. The number of anilines is 1. The highest BCUT2D eigenvalue weighted by Crippen LogP contribution is 2.57. The zero-order valence-electron chi connectivity index (χ0n) is 13.2. The Bertz CT molecular complexity index is 656. The van der Waals surface area contributed by atoms with Crippen LogP contribution >= 0.6 is 15.9 Å². The number of alkyl halides is 7. The Hall–Kier alpha value is -1.33. The predicted octanol–water partition coefficient (Wildman–Crippen LogP) is 5.27. The number of pyridine rings is 1. The van der Waals surface area contributed by atoms with E-state index < -0.39 is 45.6 Å². The lowest BCUT2D eigenvalue weighted by Gasteiger charge is -2.34. The Morgan fingerprint density at radius 1 is 0.962 bits per heavy atom. The third-order valence-electron chi connectivity index (χ3n) is 4.02. The quantitative estimate of drug-likeness (QED) is 0.457. The molecule has 12 heteroatoms. The molecule has 0 aromatic carbocycles. The lowest BCUT2D eigenvalue weighted by Crippen LogP contribution is -2.51. The third kappa shape index (κ3) is 3.31. The molecule has 0 unspecified atom stereocenters. The van der Waals surface area contributed by atoms with Gasteiger partial charge in [-0.1, -0.05) is 0 Å². The van der Waals surface area contributed by atoms with Crippen LogP contribution in [-0.2, 0) is 5.67 Å². The first kappa shape index (κ1) is 21.0. The van der Waals surface area contributed by atoms with Crippen LogP contribution < -0.4 is 9.64 Å². The molecule has 2 rings (SSSR count). The van der Waals surface area contributed by atoms with Gasteiger partial charge in [0.2, 0.25) is 0 Å². The second-order valence-electron chi connectivity index (χ2n) is 5.65.